The van der Waals surface area contributed by atoms with Gasteiger partial charge in [0, 0.05) is 23.7 Å². The molecular formula is C15H16N2O3. The molecule has 5 nitrogen and oxygen atoms in total. The third kappa shape index (κ3) is 3.12. The molecule has 2 aromatic rings. The second-order valence-corrected chi connectivity index (χ2v) is 4.53. The molecule has 0 spiro atoms. The van der Waals surface area contributed by atoms with E-state index in [4.69, 9.17) is 5.11 Å². The highest BCUT2D eigenvalue weighted by molar-refractivity contribution is 5.99. The molecule has 0 saturated heterocycles. The Morgan fingerprint density at radius 1 is 1.30 bits per heavy atom. The second kappa shape index (κ2) is 6.14. The molecule has 1 aromatic carbocycles. The first-order chi connectivity index (χ1) is 9.61. The summed E-state index contributed by atoms with van der Waals surface area (Å²) in [7, 11) is 0. The maximum absolute atomic E-state index is 12.4. The summed E-state index contributed by atoms with van der Waals surface area (Å²) in [6.45, 7) is 2.06. The van der Waals surface area contributed by atoms with Gasteiger partial charge in [0.25, 0.3) is 5.91 Å². The highest BCUT2D eigenvalue weighted by Gasteiger charge is 2.17. The average Bonchev–Trinajstić information content (AvgIpc) is 2.45. The van der Waals surface area contributed by atoms with Crippen LogP contribution in [0, 0.1) is 0 Å². The highest BCUT2D eigenvalue weighted by atomic mass is 16.4. The lowest BCUT2D eigenvalue weighted by atomic mass is 10.1. The van der Waals surface area contributed by atoms with E-state index in [2.05, 4.69) is 4.98 Å². The molecule has 1 aromatic heterocycles. The molecule has 20 heavy (non-hydrogen) atoms. The molecule has 0 unspecified atom stereocenters. The van der Waals surface area contributed by atoms with Gasteiger partial charge in [0.2, 0.25) is 0 Å². The minimum atomic E-state index is -1.01. The molecule has 0 atom stereocenters. The number of amides is 1. The standard InChI is InChI=1S/C15H16N2O3/c1-2-8-17(10-14(18)19)15(20)12-5-6-13-11(9-12)4-3-7-16-13/h3-7,9H,2,8,10H2,1H3,(H,18,19). The zero-order chi connectivity index (χ0) is 14.5. The number of aliphatic carboxylic acids is 1. The Labute approximate surface area is 116 Å². The third-order valence-corrected chi connectivity index (χ3v) is 2.96. The molecule has 0 aliphatic carbocycles. The van der Waals surface area contributed by atoms with E-state index in [0.29, 0.717) is 18.5 Å². The summed E-state index contributed by atoms with van der Waals surface area (Å²) in [4.78, 5) is 28.7. The van der Waals surface area contributed by atoms with Gasteiger partial charge in [0.05, 0.1) is 5.52 Å². The number of carboxylic acid groups (broad SMARTS) is 1. The Kier molecular flexibility index (Phi) is 4.30. The molecule has 0 radical (unpaired) electrons. The van der Waals surface area contributed by atoms with Crippen LogP contribution < -0.4 is 0 Å². The van der Waals surface area contributed by atoms with Crippen LogP contribution in [0.4, 0.5) is 0 Å². The highest BCUT2D eigenvalue weighted by Crippen LogP contribution is 2.15. The first-order valence-electron chi connectivity index (χ1n) is 6.47. The number of carbonyl (C=O) groups excluding carboxylic acids is 1. The van der Waals surface area contributed by atoms with Crippen LogP contribution in [0.3, 0.4) is 0 Å². The Hall–Kier alpha value is -2.43. The minimum Gasteiger partial charge on any atom is -0.480 e. The quantitative estimate of drug-likeness (QED) is 0.905. The van der Waals surface area contributed by atoms with E-state index in [-0.39, 0.29) is 12.5 Å². The lowest BCUT2D eigenvalue weighted by Gasteiger charge is -2.20. The van der Waals surface area contributed by atoms with E-state index in [0.717, 1.165) is 10.9 Å². The fourth-order valence-corrected chi connectivity index (χ4v) is 2.08. The molecule has 1 heterocycles. The van der Waals surface area contributed by atoms with Crippen molar-refractivity contribution >= 4 is 22.8 Å². The van der Waals surface area contributed by atoms with Crippen molar-refractivity contribution in [1.29, 1.82) is 0 Å². The van der Waals surface area contributed by atoms with Crippen molar-refractivity contribution in [2.24, 2.45) is 0 Å². The van der Waals surface area contributed by atoms with Crippen LogP contribution in [0.1, 0.15) is 23.7 Å². The molecule has 0 saturated carbocycles. The molecule has 0 aliphatic rings. The summed E-state index contributed by atoms with van der Waals surface area (Å²) in [5.74, 6) is -1.27. The van der Waals surface area contributed by atoms with Gasteiger partial charge in [0.1, 0.15) is 6.54 Å². The minimum absolute atomic E-state index is 0.264. The molecule has 5 heteroatoms. The van der Waals surface area contributed by atoms with Crippen molar-refractivity contribution in [3.63, 3.8) is 0 Å². The van der Waals surface area contributed by atoms with Crippen molar-refractivity contribution in [3.05, 3.63) is 42.1 Å². The van der Waals surface area contributed by atoms with Crippen molar-refractivity contribution in [2.75, 3.05) is 13.1 Å². The first kappa shape index (κ1) is 14.0. The molecule has 1 N–H and O–H groups in total. The Morgan fingerprint density at radius 2 is 2.10 bits per heavy atom. The van der Waals surface area contributed by atoms with Crippen LogP contribution in [0.15, 0.2) is 36.5 Å². The number of carbonyl (C=O) groups is 2. The fraction of sp³-hybridized carbons (Fsp3) is 0.267. The van der Waals surface area contributed by atoms with Crippen LogP contribution in [-0.4, -0.2) is 40.0 Å². The number of aromatic nitrogens is 1. The van der Waals surface area contributed by atoms with Crippen LogP contribution >= 0.6 is 0 Å². The zero-order valence-corrected chi connectivity index (χ0v) is 11.2. The van der Waals surface area contributed by atoms with Gasteiger partial charge in [0.15, 0.2) is 0 Å². The fourth-order valence-electron chi connectivity index (χ4n) is 2.08. The number of pyridine rings is 1. The van der Waals surface area contributed by atoms with E-state index >= 15 is 0 Å². The number of benzene rings is 1. The van der Waals surface area contributed by atoms with Gasteiger partial charge in [-0.3, -0.25) is 14.6 Å². The van der Waals surface area contributed by atoms with Crippen LogP contribution in [0.5, 0.6) is 0 Å². The maximum Gasteiger partial charge on any atom is 0.323 e. The second-order valence-electron chi connectivity index (χ2n) is 4.53. The normalized spacial score (nSPS) is 10.4. The third-order valence-electron chi connectivity index (χ3n) is 2.96. The first-order valence-corrected chi connectivity index (χ1v) is 6.47. The van der Waals surface area contributed by atoms with E-state index in [9.17, 15) is 9.59 Å². The van der Waals surface area contributed by atoms with E-state index < -0.39 is 5.97 Å². The molecule has 0 fully saturated rings. The molecule has 0 bridgehead atoms. The summed E-state index contributed by atoms with van der Waals surface area (Å²) >= 11 is 0. The average molecular weight is 272 g/mol. The maximum atomic E-state index is 12.4. The summed E-state index contributed by atoms with van der Waals surface area (Å²) in [5.41, 5.74) is 1.30. The van der Waals surface area contributed by atoms with Crippen molar-refractivity contribution in [3.8, 4) is 0 Å². The van der Waals surface area contributed by atoms with Crippen LogP contribution in [-0.2, 0) is 4.79 Å². The molecule has 104 valence electrons. The summed E-state index contributed by atoms with van der Waals surface area (Å²) < 4.78 is 0. The summed E-state index contributed by atoms with van der Waals surface area (Å²) in [5, 5.41) is 9.74. The number of hydrogen-bond donors (Lipinski definition) is 1. The van der Waals surface area contributed by atoms with E-state index in [1.165, 1.54) is 4.90 Å². The predicted octanol–water partition coefficient (Wildman–Crippen LogP) is 2.17. The van der Waals surface area contributed by atoms with E-state index in [1.54, 1.807) is 30.5 Å². The van der Waals surface area contributed by atoms with Gasteiger partial charge in [-0.05, 0) is 30.7 Å². The number of rotatable bonds is 5. The number of hydrogen-bond acceptors (Lipinski definition) is 3. The van der Waals surface area contributed by atoms with Crippen molar-refractivity contribution < 1.29 is 14.7 Å². The van der Waals surface area contributed by atoms with Gasteiger partial charge in [-0.25, -0.2) is 0 Å². The topological polar surface area (TPSA) is 70.5 Å². The molecule has 1 amide bonds. The van der Waals surface area contributed by atoms with Crippen molar-refractivity contribution in [2.45, 2.75) is 13.3 Å². The lowest BCUT2D eigenvalue weighted by molar-refractivity contribution is -0.137. The van der Waals surface area contributed by atoms with Crippen LogP contribution in [0.25, 0.3) is 10.9 Å². The van der Waals surface area contributed by atoms with E-state index in [1.807, 2.05) is 13.0 Å². The smallest absolute Gasteiger partial charge is 0.323 e. The van der Waals surface area contributed by atoms with Gasteiger partial charge in [-0.1, -0.05) is 13.0 Å². The summed E-state index contributed by atoms with van der Waals surface area (Å²) in [6.07, 6.45) is 2.41. The Morgan fingerprint density at radius 3 is 2.80 bits per heavy atom. The van der Waals surface area contributed by atoms with Gasteiger partial charge >= 0.3 is 5.97 Å². The predicted molar refractivity (Wildman–Crippen MR) is 75.6 cm³/mol. The Bertz CT molecular complexity index is 640. The van der Waals surface area contributed by atoms with Crippen molar-refractivity contribution in [1.82, 2.24) is 9.88 Å². The number of carboxylic acids is 1. The monoisotopic (exact) mass is 272 g/mol. The largest absolute Gasteiger partial charge is 0.480 e. The van der Waals surface area contributed by atoms with Crippen LogP contribution in [0.2, 0.25) is 0 Å². The Balaban J connectivity index is 2.30. The SMILES string of the molecule is CCCN(CC(=O)O)C(=O)c1ccc2ncccc2c1. The summed E-state index contributed by atoms with van der Waals surface area (Å²) in [6, 6.07) is 8.88. The lowest BCUT2D eigenvalue weighted by Crippen LogP contribution is -2.36. The molecule has 0 aliphatic heterocycles. The van der Waals surface area contributed by atoms with Gasteiger partial charge < -0.3 is 10.0 Å². The van der Waals surface area contributed by atoms with Gasteiger partial charge in [-0.15, -0.1) is 0 Å². The number of fused-ring (bicyclic) bond motifs is 1. The van der Waals surface area contributed by atoms with Gasteiger partial charge in [-0.2, -0.15) is 0 Å². The molecule has 2 rings (SSSR count). The molecular weight excluding hydrogens is 256 g/mol. The zero-order valence-electron chi connectivity index (χ0n) is 11.2. The number of nitrogens with zero attached hydrogens (tertiary/aromatic N) is 2.